The summed E-state index contributed by atoms with van der Waals surface area (Å²) in [4.78, 5) is 15.4. The van der Waals surface area contributed by atoms with Crippen molar-refractivity contribution in [1.29, 1.82) is 0 Å². The summed E-state index contributed by atoms with van der Waals surface area (Å²) in [7, 11) is 0. The van der Waals surface area contributed by atoms with Crippen molar-refractivity contribution < 1.29 is 9.90 Å². The molecule has 5 nitrogen and oxygen atoms in total. The van der Waals surface area contributed by atoms with Gasteiger partial charge in [-0.3, -0.25) is 9.89 Å². The minimum Gasteiger partial charge on any atom is -0.385 e. The molecule has 5 rings (SSSR count). The van der Waals surface area contributed by atoms with Gasteiger partial charge in [-0.05, 0) is 30.9 Å². The number of aromatic amines is 1. The molecule has 2 heterocycles. The van der Waals surface area contributed by atoms with Crippen LogP contribution in [0.4, 0.5) is 0 Å². The van der Waals surface area contributed by atoms with Crippen LogP contribution < -0.4 is 0 Å². The number of carbonyl (C=O) groups is 1. The molecule has 3 atom stereocenters. The lowest BCUT2D eigenvalue weighted by Crippen LogP contribution is -2.59. The number of fused-ring (bicyclic) bond motifs is 1. The van der Waals surface area contributed by atoms with Crippen molar-refractivity contribution in [2.24, 2.45) is 5.92 Å². The molecule has 154 valence electrons. The first-order valence-corrected chi connectivity index (χ1v) is 10.9. The number of nitrogens with zero attached hydrogens (tertiary/aromatic N) is 2. The lowest BCUT2D eigenvalue weighted by atomic mass is 9.66. The van der Waals surface area contributed by atoms with Gasteiger partial charge in [-0.1, -0.05) is 73.5 Å². The maximum Gasteiger partial charge on any atom is 0.272 e. The number of benzene rings is 2. The topological polar surface area (TPSA) is 69.2 Å². The van der Waals surface area contributed by atoms with E-state index < -0.39 is 5.60 Å². The fourth-order valence-electron chi connectivity index (χ4n) is 5.36. The molecule has 5 heteroatoms. The van der Waals surface area contributed by atoms with Crippen molar-refractivity contribution in [3.8, 4) is 11.3 Å². The molecule has 1 aromatic heterocycles. The summed E-state index contributed by atoms with van der Waals surface area (Å²) in [6, 6.07) is 21.7. The molecule has 1 saturated heterocycles. The second-order valence-electron chi connectivity index (χ2n) is 8.53. The predicted molar refractivity (Wildman–Crippen MR) is 116 cm³/mol. The summed E-state index contributed by atoms with van der Waals surface area (Å²) in [5, 5.41) is 19.0. The Morgan fingerprint density at radius 3 is 2.50 bits per heavy atom. The molecule has 0 radical (unpaired) electrons. The highest BCUT2D eigenvalue weighted by atomic mass is 16.3. The first kappa shape index (κ1) is 19.1. The Morgan fingerprint density at radius 2 is 1.73 bits per heavy atom. The average Bonchev–Trinajstić information content (AvgIpc) is 3.31. The molecule has 0 spiro atoms. The van der Waals surface area contributed by atoms with Gasteiger partial charge in [-0.25, -0.2) is 0 Å². The van der Waals surface area contributed by atoms with Crippen LogP contribution in [0.5, 0.6) is 0 Å². The van der Waals surface area contributed by atoms with Gasteiger partial charge in [0.2, 0.25) is 0 Å². The number of hydrogen-bond acceptors (Lipinski definition) is 3. The third kappa shape index (κ3) is 3.23. The SMILES string of the molecule is O=C(c1cc(-c2ccccc2)n[nH]1)N1CCC(O)(c2ccccc2)C2CCCCC21. The van der Waals surface area contributed by atoms with Crippen molar-refractivity contribution >= 4 is 5.91 Å². The van der Waals surface area contributed by atoms with Crippen LogP contribution in [0, 0.1) is 5.92 Å². The average molecular weight is 402 g/mol. The summed E-state index contributed by atoms with van der Waals surface area (Å²) in [5.41, 5.74) is 2.38. The van der Waals surface area contributed by atoms with Gasteiger partial charge in [0.05, 0.1) is 11.3 Å². The normalized spacial score (nSPS) is 26.2. The molecule has 1 aliphatic heterocycles. The van der Waals surface area contributed by atoms with E-state index in [0.29, 0.717) is 18.7 Å². The monoisotopic (exact) mass is 401 g/mol. The Morgan fingerprint density at radius 1 is 1.03 bits per heavy atom. The fourth-order valence-corrected chi connectivity index (χ4v) is 5.36. The molecule has 1 saturated carbocycles. The van der Waals surface area contributed by atoms with E-state index in [4.69, 9.17) is 0 Å². The minimum absolute atomic E-state index is 0.0170. The third-order valence-electron chi connectivity index (χ3n) is 6.89. The number of aliphatic hydroxyl groups is 1. The molecule has 1 aliphatic carbocycles. The zero-order chi connectivity index (χ0) is 20.6. The second-order valence-corrected chi connectivity index (χ2v) is 8.53. The van der Waals surface area contributed by atoms with Gasteiger partial charge >= 0.3 is 0 Å². The summed E-state index contributed by atoms with van der Waals surface area (Å²) < 4.78 is 0. The van der Waals surface area contributed by atoms with E-state index in [0.717, 1.165) is 42.5 Å². The summed E-state index contributed by atoms with van der Waals surface area (Å²) in [6.07, 6.45) is 4.63. The number of rotatable bonds is 3. The largest absolute Gasteiger partial charge is 0.385 e. The molecule has 2 aromatic carbocycles. The van der Waals surface area contributed by atoms with Crippen LogP contribution in [-0.2, 0) is 5.60 Å². The molecule has 0 bridgehead atoms. The molecule has 2 N–H and O–H groups in total. The number of carbonyl (C=O) groups excluding carboxylic acids is 1. The third-order valence-corrected chi connectivity index (χ3v) is 6.89. The van der Waals surface area contributed by atoms with Crippen LogP contribution in [0.2, 0.25) is 0 Å². The number of amides is 1. The van der Waals surface area contributed by atoms with Crippen LogP contribution in [-0.4, -0.2) is 38.7 Å². The molecule has 30 heavy (non-hydrogen) atoms. The molecule has 1 amide bonds. The lowest BCUT2D eigenvalue weighted by molar-refractivity contribution is -0.110. The van der Waals surface area contributed by atoms with Crippen LogP contribution in [0.1, 0.15) is 48.2 Å². The van der Waals surface area contributed by atoms with Gasteiger partial charge in [-0.15, -0.1) is 0 Å². The van der Waals surface area contributed by atoms with Crippen molar-refractivity contribution in [3.63, 3.8) is 0 Å². The standard InChI is InChI=1S/C25H27N3O2/c29-24(22-17-21(26-27-22)18-9-3-1-4-10-18)28-16-15-25(30,19-11-5-2-6-12-19)20-13-7-8-14-23(20)28/h1-6,9-12,17,20,23,30H,7-8,13-16H2,(H,26,27). The van der Waals surface area contributed by atoms with Gasteiger partial charge in [0.25, 0.3) is 5.91 Å². The number of likely N-dealkylation sites (tertiary alicyclic amines) is 1. The Kier molecular flexibility index (Phi) is 4.91. The van der Waals surface area contributed by atoms with Gasteiger partial charge in [0.1, 0.15) is 5.69 Å². The van der Waals surface area contributed by atoms with Gasteiger partial charge < -0.3 is 10.0 Å². The maximum absolute atomic E-state index is 13.4. The second kappa shape index (κ2) is 7.73. The molecule has 2 aliphatic rings. The summed E-state index contributed by atoms with van der Waals surface area (Å²) in [6.45, 7) is 0.547. The fraction of sp³-hybridized carbons (Fsp3) is 0.360. The molecule has 3 unspecified atom stereocenters. The van der Waals surface area contributed by atoms with E-state index in [1.54, 1.807) is 0 Å². The number of H-pyrrole nitrogens is 1. The number of hydrogen-bond donors (Lipinski definition) is 2. The van der Waals surface area contributed by atoms with Crippen LogP contribution in [0.25, 0.3) is 11.3 Å². The van der Waals surface area contributed by atoms with Gasteiger partial charge in [0, 0.05) is 24.1 Å². The molecular weight excluding hydrogens is 374 g/mol. The Labute approximate surface area is 176 Å². The number of nitrogens with one attached hydrogen (secondary N) is 1. The van der Waals surface area contributed by atoms with Crippen molar-refractivity contribution in [3.05, 3.63) is 78.0 Å². The summed E-state index contributed by atoms with van der Waals surface area (Å²) in [5.74, 6) is 0.0413. The number of aromatic nitrogens is 2. The zero-order valence-corrected chi connectivity index (χ0v) is 17.0. The molecular formula is C25H27N3O2. The zero-order valence-electron chi connectivity index (χ0n) is 17.0. The van der Waals surface area contributed by atoms with E-state index in [-0.39, 0.29) is 17.9 Å². The van der Waals surface area contributed by atoms with E-state index >= 15 is 0 Å². The Balaban J connectivity index is 1.42. The smallest absolute Gasteiger partial charge is 0.272 e. The first-order valence-electron chi connectivity index (χ1n) is 10.9. The maximum atomic E-state index is 13.4. The van der Waals surface area contributed by atoms with E-state index in [1.807, 2.05) is 71.6 Å². The minimum atomic E-state index is -0.869. The summed E-state index contributed by atoms with van der Waals surface area (Å²) >= 11 is 0. The van der Waals surface area contributed by atoms with Gasteiger partial charge in [-0.2, -0.15) is 5.10 Å². The predicted octanol–water partition coefficient (Wildman–Crippen LogP) is 4.37. The van der Waals surface area contributed by atoms with E-state index in [1.165, 1.54) is 0 Å². The van der Waals surface area contributed by atoms with Gasteiger partial charge in [0.15, 0.2) is 0 Å². The lowest BCUT2D eigenvalue weighted by Gasteiger charge is -2.52. The Hall–Kier alpha value is -2.92. The van der Waals surface area contributed by atoms with Crippen LogP contribution in [0.15, 0.2) is 66.7 Å². The highest BCUT2D eigenvalue weighted by Crippen LogP contribution is 2.47. The first-order chi connectivity index (χ1) is 14.7. The van der Waals surface area contributed by atoms with E-state index in [2.05, 4.69) is 10.2 Å². The van der Waals surface area contributed by atoms with E-state index in [9.17, 15) is 9.90 Å². The number of piperidine rings is 1. The highest BCUT2D eigenvalue weighted by molar-refractivity contribution is 5.93. The highest BCUT2D eigenvalue weighted by Gasteiger charge is 2.50. The molecule has 3 aromatic rings. The van der Waals surface area contributed by atoms with Crippen LogP contribution >= 0.6 is 0 Å². The Bertz CT molecular complexity index is 1020. The van der Waals surface area contributed by atoms with Crippen molar-refractivity contribution in [2.45, 2.75) is 43.7 Å². The quantitative estimate of drug-likeness (QED) is 0.685. The van der Waals surface area contributed by atoms with Crippen molar-refractivity contribution in [2.75, 3.05) is 6.54 Å². The molecule has 2 fully saturated rings. The van der Waals surface area contributed by atoms with Crippen LogP contribution in [0.3, 0.4) is 0 Å². The van der Waals surface area contributed by atoms with Crippen molar-refractivity contribution in [1.82, 2.24) is 15.1 Å².